The van der Waals surface area contributed by atoms with Gasteiger partial charge in [0.15, 0.2) is 16.6 Å². The summed E-state index contributed by atoms with van der Waals surface area (Å²) in [6.45, 7) is 33.2. The van der Waals surface area contributed by atoms with Gasteiger partial charge < -0.3 is 12.3 Å². The van der Waals surface area contributed by atoms with E-state index in [2.05, 4.69) is 91.7 Å². The molecular formula is C18H50O3Si6. The molecule has 0 N–H and O–H groups in total. The van der Waals surface area contributed by atoms with Crippen LogP contribution in [0.5, 0.6) is 0 Å². The highest BCUT2D eigenvalue weighted by molar-refractivity contribution is 6.91. The lowest BCUT2D eigenvalue weighted by molar-refractivity contribution is 0.319. The van der Waals surface area contributed by atoms with Gasteiger partial charge in [0.2, 0.25) is 0 Å². The molecule has 0 radical (unpaired) electrons. The zero-order chi connectivity index (χ0) is 21.9. The van der Waals surface area contributed by atoms with Crippen molar-refractivity contribution in [1.29, 1.82) is 0 Å². The van der Waals surface area contributed by atoms with Gasteiger partial charge in [-0.2, -0.15) is 0 Å². The number of hydrogen-bond acceptors (Lipinski definition) is 3. The van der Waals surface area contributed by atoms with Crippen LogP contribution in [0.4, 0.5) is 0 Å². The second-order valence-corrected chi connectivity index (χ2v) is 40.6. The van der Waals surface area contributed by atoms with E-state index < -0.39 is 49.9 Å². The third-order valence-corrected chi connectivity index (χ3v) is 22.8. The molecule has 0 heterocycles. The van der Waals surface area contributed by atoms with Crippen molar-refractivity contribution >= 4 is 49.9 Å². The molecule has 0 saturated heterocycles. The van der Waals surface area contributed by atoms with Gasteiger partial charge in [0.25, 0.3) is 0 Å². The predicted octanol–water partition coefficient (Wildman–Crippen LogP) is 7.53. The van der Waals surface area contributed by atoms with Crippen molar-refractivity contribution in [3.63, 3.8) is 0 Å². The molecule has 0 spiro atoms. The Hall–Kier alpha value is 1.18. The lowest BCUT2D eigenvalue weighted by atomic mass is 10.9. The molecule has 0 saturated carbocycles. The van der Waals surface area contributed by atoms with E-state index in [-0.39, 0.29) is 0 Å². The second kappa shape index (κ2) is 9.54. The van der Waals surface area contributed by atoms with Crippen LogP contribution in [-0.2, 0) is 12.3 Å². The maximum atomic E-state index is 7.12. The van der Waals surface area contributed by atoms with Crippen LogP contribution in [0, 0.1) is 0 Å². The normalized spacial score (nSPS) is 18.9. The van der Waals surface area contributed by atoms with Crippen LogP contribution in [0.1, 0.15) is 0 Å². The Kier molecular flexibility index (Phi) is 9.96. The Labute approximate surface area is 177 Å². The number of rotatable bonds is 12. The molecule has 0 rings (SSSR count). The van der Waals surface area contributed by atoms with Crippen LogP contribution >= 0.6 is 0 Å². The van der Waals surface area contributed by atoms with Crippen molar-refractivity contribution in [2.45, 2.75) is 116 Å². The molecule has 0 aromatic heterocycles. The van der Waals surface area contributed by atoms with Crippen LogP contribution in [0.2, 0.25) is 116 Å². The molecule has 27 heavy (non-hydrogen) atoms. The van der Waals surface area contributed by atoms with Gasteiger partial charge in [0, 0.05) is 16.1 Å². The highest BCUT2D eigenvalue weighted by Crippen LogP contribution is 2.33. The lowest BCUT2D eigenvalue weighted by Gasteiger charge is -2.44. The quantitative estimate of drug-likeness (QED) is 0.269. The fraction of sp³-hybridized carbons (Fsp3) is 1.00. The Morgan fingerprint density at radius 1 is 0.370 bits per heavy atom. The van der Waals surface area contributed by atoms with Crippen LogP contribution in [0.3, 0.4) is 0 Å². The monoisotopic (exact) mass is 482 g/mol. The molecule has 0 amide bonds. The Morgan fingerprint density at radius 2 is 0.630 bits per heavy atom. The molecule has 0 bridgehead atoms. The first-order valence-corrected chi connectivity index (χ1v) is 29.9. The van der Waals surface area contributed by atoms with Crippen LogP contribution in [-0.4, -0.2) is 49.9 Å². The molecule has 2 atom stereocenters. The van der Waals surface area contributed by atoms with E-state index in [0.29, 0.717) is 0 Å². The van der Waals surface area contributed by atoms with E-state index in [1.807, 2.05) is 0 Å². The average molecular weight is 483 g/mol. The minimum atomic E-state index is -2.26. The summed E-state index contributed by atoms with van der Waals surface area (Å²) in [5, 5.41) is 0. The van der Waals surface area contributed by atoms with Gasteiger partial charge >= 0.3 is 17.1 Å². The maximum absolute atomic E-state index is 7.12. The first kappa shape index (κ1) is 28.2. The fourth-order valence-corrected chi connectivity index (χ4v) is 29.6. The SMILES string of the molecule is C[Si](C)(C)CC[Si](C)(O[Si](C)(C)C)O[Si](C)(CC[Si](C)(C)C)O[Si](C)(C)C. The van der Waals surface area contributed by atoms with Crippen LogP contribution in [0.15, 0.2) is 0 Å². The van der Waals surface area contributed by atoms with E-state index in [1.165, 1.54) is 12.1 Å². The summed E-state index contributed by atoms with van der Waals surface area (Å²) in [7, 11) is -10.1. The van der Waals surface area contributed by atoms with Crippen LogP contribution < -0.4 is 0 Å². The van der Waals surface area contributed by atoms with E-state index in [9.17, 15) is 0 Å². The van der Waals surface area contributed by atoms with Crippen molar-refractivity contribution in [3.8, 4) is 0 Å². The highest BCUT2D eigenvalue weighted by Gasteiger charge is 2.47. The molecule has 9 heteroatoms. The van der Waals surface area contributed by atoms with E-state index in [0.717, 1.165) is 12.1 Å². The minimum Gasteiger partial charge on any atom is -0.437 e. The third kappa shape index (κ3) is 15.7. The van der Waals surface area contributed by atoms with Crippen molar-refractivity contribution < 1.29 is 12.3 Å². The molecule has 0 aliphatic rings. The summed E-state index contributed by atoms with van der Waals surface area (Å²) in [5.41, 5.74) is 0. The first-order valence-electron chi connectivity index (χ1n) is 10.6. The average Bonchev–Trinajstić information content (AvgIpc) is 2.27. The van der Waals surface area contributed by atoms with Gasteiger partial charge in [-0.05, 0) is 64.5 Å². The zero-order valence-electron chi connectivity index (χ0n) is 21.1. The van der Waals surface area contributed by atoms with Gasteiger partial charge in [-0.15, -0.1) is 0 Å². The Balaban J connectivity index is 5.66. The molecule has 3 nitrogen and oxygen atoms in total. The van der Waals surface area contributed by atoms with Crippen molar-refractivity contribution in [2.24, 2.45) is 0 Å². The molecule has 0 fully saturated rings. The topological polar surface area (TPSA) is 27.7 Å². The van der Waals surface area contributed by atoms with E-state index in [4.69, 9.17) is 12.3 Å². The number of hydrogen-bond donors (Lipinski definition) is 0. The van der Waals surface area contributed by atoms with Gasteiger partial charge in [-0.1, -0.05) is 51.4 Å². The molecule has 0 aliphatic carbocycles. The van der Waals surface area contributed by atoms with Gasteiger partial charge in [0.05, 0.1) is 0 Å². The molecule has 0 aromatic rings. The summed E-state index contributed by atoms with van der Waals surface area (Å²) < 4.78 is 20.8. The van der Waals surface area contributed by atoms with Crippen molar-refractivity contribution in [1.82, 2.24) is 0 Å². The van der Waals surface area contributed by atoms with E-state index >= 15 is 0 Å². The summed E-state index contributed by atoms with van der Waals surface area (Å²) in [5.74, 6) is 0. The van der Waals surface area contributed by atoms with Crippen LogP contribution in [0.25, 0.3) is 0 Å². The first-order chi connectivity index (χ1) is 11.5. The third-order valence-electron chi connectivity index (χ3n) is 4.13. The molecule has 164 valence electrons. The Bertz CT molecular complexity index is 420. The summed E-state index contributed by atoms with van der Waals surface area (Å²) in [4.78, 5) is 0. The van der Waals surface area contributed by atoms with Gasteiger partial charge in [-0.3, -0.25) is 0 Å². The largest absolute Gasteiger partial charge is 0.437 e. The van der Waals surface area contributed by atoms with Gasteiger partial charge in [0.1, 0.15) is 0 Å². The summed E-state index contributed by atoms with van der Waals surface area (Å²) >= 11 is 0. The highest BCUT2D eigenvalue weighted by atomic mass is 28.5. The molecule has 2 unspecified atom stereocenters. The zero-order valence-corrected chi connectivity index (χ0v) is 27.1. The standard InChI is InChI=1S/C18H50O3Si6/c1-22(2,3)15-17-26(13,19-24(7,8)9)21-27(14,20-25(10,11)12)18-16-23(4,5)6/h15-18H2,1-14H3. The second-order valence-electron chi connectivity index (χ2n) is 12.9. The van der Waals surface area contributed by atoms with Crippen molar-refractivity contribution in [3.05, 3.63) is 0 Å². The smallest absolute Gasteiger partial charge is 0.315 e. The van der Waals surface area contributed by atoms with Gasteiger partial charge in [-0.25, -0.2) is 0 Å². The fourth-order valence-electron chi connectivity index (χ4n) is 3.20. The Morgan fingerprint density at radius 3 is 0.815 bits per heavy atom. The molecule has 0 aromatic carbocycles. The molecular weight excluding hydrogens is 433 g/mol. The lowest BCUT2D eigenvalue weighted by Crippen LogP contribution is -2.58. The summed E-state index contributed by atoms with van der Waals surface area (Å²) in [6.07, 6.45) is 0. The predicted molar refractivity (Wildman–Crippen MR) is 139 cm³/mol. The molecule has 0 aliphatic heterocycles. The minimum absolute atomic E-state index is 1.12. The van der Waals surface area contributed by atoms with Crippen molar-refractivity contribution in [2.75, 3.05) is 0 Å². The van der Waals surface area contributed by atoms with E-state index in [1.54, 1.807) is 0 Å². The maximum Gasteiger partial charge on any atom is 0.315 e. The summed E-state index contributed by atoms with van der Waals surface area (Å²) in [6, 6.07) is 4.81.